The van der Waals surface area contributed by atoms with Gasteiger partial charge in [-0.05, 0) is 57.2 Å². The van der Waals surface area contributed by atoms with E-state index < -0.39 is 0 Å². The fraction of sp³-hybridized carbons (Fsp3) is 0.765. The Morgan fingerprint density at radius 1 is 1.30 bits per heavy atom. The molecule has 1 aromatic rings. The smallest absolute Gasteiger partial charge is 0.120 e. The summed E-state index contributed by atoms with van der Waals surface area (Å²) in [6.07, 6.45) is 10.4. The molecule has 3 rings (SSSR count). The lowest BCUT2D eigenvalue weighted by Gasteiger charge is -2.29. The molecule has 0 spiro atoms. The van der Waals surface area contributed by atoms with Gasteiger partial charge in [0.05, 0.1) is 12.3 Å². The average molecular weight is 276 g/mol. The second-order valence-electron chi connectivity index (χ2n) is 6.48. The molecule has 3 nitrogen and oxygen atoms in total. The van der Waals surface area contributed by atoms with E-state index in [1.807, 2.05) is 6.07 Å². The Morgan fingerprint density at radius 2 is 2.15 bits per heavy atom. The van der Waals surface area contributed by atoms with Crippen LogP contribution in [0.2, 0.25) is 0 Å². The second kappa shape index (κ2) is 6.77. The Labute approximate surface area is 122 Å². The minimum Gasteiger partial charge on any atom is -0.468 e. The van der Waals surface area contributed by atoms with Crippen LogP contribution in [-0.4, -0.2) is 30.6 Å². The maximum absolute atomic E-state index is 5.44. The number of furan rings is 1. The van der Waals surface area contributed by atoms with E-state index in [0.29, 0.717) is 6.04 Å². The number of rotatable bonds is 6. The Balaban J connectivity index is 1.43. The number of nitrogens with zero attached hydrogens (tertiary/aromatic N) is 1. The van der Waals surface area contributed by atoms with Gasteiger partial charge in [-0.2, -0.15) is 0 Å². The summed E-state index contributed by atoms with van der Waals surface area (Å²) < 4.78 is 5.44. The van der Waals surface area contributed by atoms with Gasteiger partial charge in [0.1, 0.15) is 5.76 Å². The number of hydrogen-bond acceptors (Lipinski definition) is 3. The first kappa shape index (κ1) is 14.2. The van der Waals surface area contributed by atoms with Gasteiger partial charge in [0, 0.05) is 19.1 Å². The zero-order valence-corrected chi connectivity index (χ0v) is 12.7. The molecule has 20 heavy (non-hydrogen) atoms. The molecule has 2 atom stereocenters. The van der Waals surface area contributed by atoms with E-state index in [0.717, 1.165) is 24.3 Å². The van der Waals surface area contributed by atoms with Crippen molar-refractivity contribution in [3.63, 3.8) is 0 Å². The van der Waals surface area contributed by atoms with Crippen molar-refractivity contribution in [3.05, 3.63) is 24.2 Å². The number of hydrogen-bond donors (Lipinski definition) is 1. The molecule has 1 saturated heterocycles. The molecule has 1 N–H and O–H groups in total. The zero-order valence-electron chi connectivity index (χ0n) is 12.7. The molecular weight excluding hydrogens is 248 g/mol. The van der Waals surface area contributed by atoms with Gasteiger partial charge in [0.15, 0.2) is 0 Å². The van der Waals surface area contributed by atoms with E-state index in [4.69, 9.17) is 4.42 Å². The maximum atomic E-state index is 5.44. The molecule has 1 aliphatic carbocycles. The molecular formula is C17H28N2O. The quantitative estimate of drug-likeness (QED) is 0.861. The fourth-order valence-electron chi connectivity index (χ4n) is 4.07. The van der Waals surface area contributed by atoms with Crippen molar-refractivity contribution in [3.8, 4) is 0 Å². The van der Waals surface area contributed by atoms with Crippen molar-refractivity contribution in [2.75, 3.05) is 19.6 Å². The summed E-state index contributed by atoms with van der Waals surface area (Å²) in [5, 5.41) is 3.59. The van der Waals surface area contributed by atoms with Crippen LogP contribution in [0.25, 0.3) is 0 Å². The van der Waals surface area contributed by atoms with Crippen LogP contribution in [0.5, 0.6) is 0 Å². The van der Waals surface area contributed by atoms with Gasteiger partial charge in [-0.25, -0.2) is 0 Å². The van der Waals surface area contributed by atoms with Crippen molar-refractivity contribution >= 4 is 0 Å². The van der Waals surface area contributed by atoms with Crippen molar-refractivity contribution in [1.29, 1.82) is 0 Å². The van der Waals surface area contributed by atoms with E-state index >= 15 is 0 Å². The average Bonchev–Trinajstić information content (AvgIpc) is 3.20. The summed E-state index contributed by atoms with van der Waals surface area (Å²) in [4.78, 5) is 2.73. The third-order valence-electron chi connectivity index (χ3n) is 5.18. The van der Waals surface area contributed by atoms with Crippen molar-refractivity contribution in [2.24, 2.45) is 5.92 Å². The summed E-state index contributed by atoms with van der Waals surface area (Å²) in [7, 11) is 0. The molecule has 0 aromatic carbocycles. The Bertz CT molecular complexity index is 384. The predicted molar refractivity (Wildman–Crippen MR) is 81.7 cm³/mol. The first-order chi connectivity index (χ1) is 9.84. The number of likely N-dealkylation sites (tertiary alicyclic amines) is 1. The summed E-state index contributed by atoms with van der Waals surface area (Å²) in [5.41, 5.74) is 0. The Kier molecular flexibility index (Phi) is 4.79. The first-order valence-electron chi connectivity index (χ1n) is 8.35. The molecule has 0 bridgehead atoms. The molecule has 2 aliphatic rings. The third-order valence-corrected chi connectivity index (χ3v) is 5.18. The van der Waals surface area contributed by atoms with E-state index in [1.165, 1.54) is 51.6 Å². The van der Waals surface area contributed by atoms with Gasteiger partial charge < -0.3 is 9.73 Å². The van der Waals surface area contributed by atoms with Gasteiger partial charge in [0.25, 0.3) is 0 Å². The molecule has 1 aromatic heterocycles. The molecule has 2 fully saturated rings. The lowest BCUT2D eigenvalue weighted by atomic mass is 9.96. The SMILES string of the molecule is CC(NCCN1CCCC1C1CCCC1)c1ccco1. The molecule has 1 aliphatic heterocycles. The van der Waals surface area contributed by atoms with Gasteiger partial charge >= 0.3 is 0 Å². The minimum absolute atomic E-state index is 0.317. The summed E-state index contributed by atoms with van der Waals surface area (Å²) in [6, 6.07) is 5.20. The van der Waals surface area contributed by atoms with Crippen LogP contribution >= 0.6 is 0 Å². The minimum atomic E-state index is 0.317. The molecule has 3 heteroatoms. The van der Waals surface area contributed by atoms with Crippen LogP contribution < -0.4 is 5.32 Å². The normalized spacial score (nSPS) is 26.4. The van der Waals surface area contributed by atoms with Gasteiger partial charge in [-0.15, -0.1) is 0 Å². The van der Waals surface area contributed by atoms with Gasteiger partial charge in [-0.3, -0.25) is 4.90 Å². The van der Waals surface area contributed by atoms with Crippen LogP contribution in [0, 0.1) is 5.92 Å². The van der Waals surface area contributed by atoms with Crippen LogP contribution in [0.1, 0.15) is 57.3 Å². The lowest BCUT2D eigenvalue weighted by Crippen LogP contribution is -2.39. The molecule has 1 saturated carbocycles. The van der Waals surface area contributed by atoms with Gasteiger partial charge in [0.2, 0.25) is 0 Å². The first-order valence-corrected chi connectivity index (χ1v) is 8.35. The van der Waals surface area contributed by atoms with Crippen LogP contribution in [0.4, 0.5) is 0 Å². The highest BCUT2D eigenvalue weighted by atomic mass is 16.3. The largest absolute Gasteiger partial charge is 0.468 e. The zero-order chi connectivity index (χ0) is 13.8. The summed E-state index contributed by atoms with van der Waals surface area (Å²) in [6.45, 7) is 5.73. The van der Waals surface area contributed by atoms with Crippen molar-refractivity contribution < 1.29 is 4.42 Å². The lowest BCUT2D eigenvalue weighted by molar-refractivity contribution is 0.189. The molecule has 0 radical (unpaired) electrons. The van der Waals surface area contributed by atoms with Crippen molar-refractivity contribution in [1.82, 2.24) is 10.2 Å². The van der Waals surface area contributed by atoms with Gasteiger partial charge in [-0.1, -0.05) is 12.8 Å². The highest BCUT2D eigenvalue weighted by Crippen LogP contribution is 2.35. The van der Waals surface area contributed by atoms with Crippen LogP contribution in [0.15, 0.2) is 22.8 Å². The van der Waals surface area contributed by atoms with E-state index in [2.05, 4.69) is 23.2 Å². The highest BCUT2D eigenvalue weighted by molar-refractivity contribution is 5.02. The van der Waals surface area contributed by atoms with Crippen LogP contribution in [0.3, 0.4) is 0 Å². The Morgan fingerprint density at radius 3 is 2.90 bits per heavy atom. The highest BCUT2D eigenvalue weighted by Gasteiger charge is 2.32. The second-order valence-corrected chi connectivity index (χ2v) is 6.48. The standard InChI is InChI=1S/C17H28N2O/c1-14(17-9-5-13-20-17)18-10-12-19-11-4-8-16(19)15-6-2-3-7-15/h5,9,13-16,18H,2-4,6-8,10-12H2,1H3. The molecule has 2 heterocycles. The summed E-state index contributed by atoms with van der Waals surface area (Å²) in [5.74, 6) is 2.03. The van der Waals surface area contributed by atoms with E-state index in [1.54, 1.807) is 6.26 Å². The molecule has 0 amide bonds. The number of nitrogens with one attached hydrogen (secondary N) is 1. The third kappa shape index (κ3) is 3.26. The topological polar surface area (TPSA) is 28.4 Å². The van der Waals surface area contributed by atoms with E-state index in [-0.39, 0.29) is 0 Å². The predicted octanol–water partition coefficient (Wildman–Crippen LogP) is 3.58. The van der Waals surface area contributed by atoms with E-state index in [9.17, 15) is 0 Å². The van der Waals surface area contributed by atoms with Crippen molar-refractivity contribution in [2.45, 2.75) is 57.5 Å². The summed E-state index contributed by atoms with van der Waals surface area (Å²) >= 11 is 0. The Hall–Kier alpha value is -0.800. The molecule has 112 valence electrons. The monoisotopic (exact) mass is 276 g/mol. The fourth-order valence-corrected chi connectivity index (χ4v) is 4.07. The van der Waals surface area contributed by atoms with Crippen LogP contribution in [-0.2, 0) is 0 Å². The maximum Gasteiger partial charge on any atom is 0.120 e. The molecule has 2 unspecified atom stereocenters.